The normalized spacial score (nSPS) is 10.8. The smallest absolute Gasteiger partial charge is 0.224 e. The van der Waals surface area contributed by atoms with Crippen molar-refractivity contribution < 1.29 is 9.21 Å². The van der Waals surface area contributed by atoms with E-state index in [9.17, 15) is 4.79 Å². The van der Waals surface area contributed by atoms with Gasteiger partial charge in [-0.05, 0) is 48.5 Å². The van der Waals surface area contributed by atoms with Crippen LogP contribution in [0.3, 0.4) is 0 Å². The Morgan fingerprint density at radius 2 is 1.58 bits per heavy atom. The summed E-state index contributed by atoms with van der Waals surface area (Å²) in [5.74, 6) is 0.756. The van der Waals surface area contributed by atoms with E-state index in [4.69, 9.17) is 4.42 Å². The van der Waals surface area contributed by atoms with Crippen molar-refractivity contribution in [3.63, 3.8) is 0 Å². The van der Waals surface area contributed by atoms with Crippen molar-refractivity contribution in [1.82, 2.24) is 0 Å². The van der Waals surface area contributed by atoms with Crippen molar-refractivity contribution in [3.05, 3.63) is 78.8 Å². The summed E-state index contributed by atoms with van der Waals surface area (Å²) in [6.07, 6.45) is 2.57. The second-order valence-electron chi connectivity index (χ2n) is 5.21. The Morgan fingerprint density at radius 3 is 2.25 bits per heavy atom. The fourth-order valence-electron chi connectivity index (χ4n) is 2.14. The third kappa shape index (κ3) is 4.64. The standard InChI is InChI=1S/C19H17N3O2/c23-19(13-12-18-7-4-14-24-18)20-15-8-10-17(11-9-15)22-21-16-5-2-1-3-6-16/h1-11,14H,12-13H2,(H,20,23). The summed E-state index contributed by atoms with van der Waals surface area (Å²) in [6, 6.07) is 20.5. The number of hydrogen-bond donors (Lipinski definition) is 1. The lowest BCUT2D eigenvalue weighted by atomic mass is 10.2. The Hall–Kier alpha value is -3.21. The molecule has 2 aromatic carbocycles. The van der Waals surface area contributed by atoms with E-state index in [2.05, 4.69) is 15.5 Å². The topological polar surface area (TPSA) is 67.0 Å². The van der Waals surface area contributed by atoms with Gasteiger partial charge in [-0.25, -0.2) is 0 Å². The first-order valence-electron chi connectivity index (χ1n) is 7.69. The summed E-state index contributed by atoms with van der Waals surface area (Å²) in [7, 11) is 0. The number of hydrogen-bond acceptors (Lipinski definition) is 4. The minimum atomic E-state index is -0.0509. The van der Waals surface area contributed by atoms with Crippen LogP contribution in [-0.4, -0.2) is 5.91 Å². The second kappa shape index (κ2) is 7.87. The van der Waals surface area contributed by atoms with Crippen LogP contribution < -0.4 is 5.32 Å². The van der Waals surface area contributed by atoms with Gasteiger partial charge >= 0.3 is 0 Å². The summed E-state index contributed by atoms with van der Waals surface area (Å²) in [5.41, 5.74) is 2.26. The summed E-state index contributed by atoms with van der Waals surface area (Å²) in [4.78, 5) is 11.9. The maximum atomic E-state index is 11.9. The molecule has 3 aromatic rings. The van der Waals surface area contributed by atoms with Crippen molar-refractivity contribution >= 4 is 23.0 Å². The second-order valence-corrected chi connectivity index (χ2v) is 5.21. The van der Waals surface area contributed by atoms with Crippen molar-refractivity contribution in [2.45, 2.75) is 12.8 Å². The number of carbonyl (C=O) groups excluding carboxylic acids is 1. The van der Waals surface area contributed by atoms with Gasteiger partial charge < -0.3 is 9.73 Å². The van der Waals surface area contributed by atoms with Gasteiger partial charge in [0.2, 0.25) is 5.91 Å². The first-order chi connectivity index (χ1) is 11.8. The molecule has 0 atom stereocenters. The van der Waals surface area contributed by atoms with E-state index in [1.165, 1.54) is 0 Å². The van der Waals surface area contributed by atoms with Crippen molar-refractivity contribution in [2.75, 3.05) is 5.32 Å². The molecule has 1 heterocycles. The largest absolute Gasteiger partial charge is 0.469 e. The number of carbonyl (C=O) groups is 1. The molecule has 0 aliphatic rings. The molecule has 0 bridgehead atoms. The van der Waals surface area contributed by atoms with Crippen LogP contribution in [0.2, 0.25) is 0 Å². The molecule has 1 aromatic heterocycles. The zero-order chi connectivity index (χ0) is 16.6. The average molecular weight is 319 g/mol. The van der Waals surface area contributed by atoms with E-state index in [1.54, 1.807) is 6.26 Å². The Bertz CT molecular complexity index is 794. The molecule has 24 heavy (non-hydrogen) atoms. The number of nitrogens with zero attached hydrogens (tertiary/aromatic N) is 2. The zero-order valence-electron chi connectivity index (χ0n) is 13.1. The zero-order valence-corrected chi connectivity index (χ0v) is 13.1. The van der Waals surface area contributed by atoms with E-state index in [1.807, 2.05) is 66.7 Å². The Balaban J connectivity index is 1.52. The van der Waals surface area contributed by atoms with Gasteiger partial charge in [0.1, 0.15) is 5.76 Å². The van der Waals surface area contributed by atoms with Crippen LogP contribution in [0.1, 0.15) is 12.2 Å². The third-order valence-electron chi connectivity index (χ3n) is 3.37. The van der Waals surface area contributed by atoms with E-state index in [0.717, 1.165) is 22.8 Å². The molecule has 0 aliphatic heterocycles. The third-order valence-corrected chi connectivity index (χ3v) is 3.37. The molecule has 5 nitrogen and oxygen atoms in total. The molecule has 0 saturated carbocycles. The molecule has 0 saturated heterocycles. The number of amides is 1. The SMILES string of the molecule is O=C(CCc1ccco1)Nc1ccc(N=Nc2ccccc2)cc1. The molecule has 0 spiro atoms. The molecule has 0 aliphatic carbocycles. The quantitative estimate of drug-likeness (QED) is 0.629. The number of furan rings is 1. The van der Waals surface area contributed by atoms with Crippen LogP contribution in [0.5, 0.6) is 0 Å². The maximum Gasteiger partial charge on any atom is 0.224 e. The van der Waals surface area contributed by atoms with Crippen LogP contribution in [0, 0.1) is 0 Å². The van der Waals surface area contributed by atoms with E-state index < -0.39 is 0 Å². The molecule has 1 amide bonds. The van der Waals surface area contributed by atoms with Crippen molar-refractivity contribution in [3.8, 4) is 0 Å². The molecular weight excluding hydrogens is 302 g/mol. The predicted octanol–water partition coefficient (Wildman–Crippen LogP) is 5.27. The van der Waals surface area contributed by atoms with Gasteiger partial charge in [0.05, 0.1) is 17.6 Å². The molecular formula is C19H17N3O2. The number of aryl methyl sites for hydroxylation is 1. The number of anilines is 1. The lowest BCUT2D eigenvalue weighted by Gasteiger charge is -2.04. The average Bonchev–Trinajstić information content (AvgIpc) is 3.14. The summed E-state index contributed by atoms with van der Waals surface area (Å²) in [6.45, 7) is 0. The van der Waals surface area contributed by atoms with Crippen molar-refractivity contribution in [2.24, 2.45) is 10.2 Å². The highest BCUT2D eigenvalue weighted by Gasteiger charge is 2.04. The van der Waals surface area contributed by atoms with E-state index in [0.29, 0.717) is 12.8 Å². The lowest BCUT2D eigenvalue weighted by molar-refractivity contribution is -0.116. The molecule has 0 unspecified atom stereocenters. The first kappa shape index (κ1) is 15.7. The molecule has 0 radical (unpaired) electrons. The summed E-state index contributed by atoms with van der Waals surface area (Å²) >= 11 is 0. The fraction of sp³-hybridized carbons (Fsp3) is 0.105. The molecule has 1 N–H and O–H groups in total. The highest BCUT2D eigenvalue weighted by Crippen LogP contribution is 2.20. The first-order valence-corrected chi connectivity index (χ1v) is 7.69. The van der Waals surface area contributed by atoms with Gasteiger partial charge in [0.25, 0.3) is 0 Å². The number of nitrogens with one attached hydrogen (secondary N) is 1. The molecule has 0 fully saturated rings. The van der Waals surface area contributed by atoms with Gasteiger partial charge in [-0.15, -0.1) is 0 Å². The van der Waals surface area contributed by atoms with Crippen LogP contribution in [-0.2, 0) is 11.2 Å². The van der Waals surface area contributed by atoms with Crippen LogP contribution in [0.15, 0.2) is 87.6 Å². The van der Waals surface area contributed by atoms with Gasteiger partial charge in [-0.3, -0.25) is 4.79 Å². The summed E-state index contributed by atoms with van der Waals surface area (Å²) in [5, 5.41) is 11.2. The number of rotatable bonds is 6. The van der Waals surface area contributed by atoms with Crippen LogP contribution in [0.4, 0.5) is 17.1 Å². The fourth-order valence-corrected chi connectivity index (χ4v) is 2.14. The lowest BCUT2D eigenvalue weighted by Crippen LogP contribution is -2.11. The van der Waals surface area contributed by atoms with E-state index >= 15 is 0 Å². The van der Waals surface area contributed by atoms with Crippen LogP contribution >= 0.6 is 0 Å². The Kier molecular flexibility index (Phi) is 5.14. The highest BCUT2D eigenvalue weighted by atomic mass is 16.3. The molecule has 120 valence electrons. The predicted molar refractivity (Wildman–Crippen MR) is 92.7 cm³/mol. The highest BCUT2D eigenvalue weighted by molar-refractivity contribution is 5.90. The summed E-state index contributed by atoms with van der Waals surface area (Å²) < 4.78 is 5.21. The van der Waals surface area contributed by atoms with Gasteiger partial charge in [0, 0.05) is 18.5 Å². The maximum absolute atomic E-state index is 11.9. The monoisotopic (exact) mass is 319 g/mol. The van der Waals surface area contributed by atoms with E-state index in [-0.39, 0.29) is 5.91 Å². The molecule has 5 heteroatoms. The Morgan fingerprint density at radius 1 is 0.875 bits per heavy atom. The van der Waals surface area contributed by atoms with Gasteiger partial charge in [-0.2, -0.15) is 10.2 Å². The minimum Gasteiger partial charge on any atom is -0.469 e. The Labute approximate surface area is 140 Å². The van der Waals surface area contributed by atoms with Crippen molar-refractivity contribution in [1.29, 1.82) is 0 Å². The minimum absolute atomic E-state index is 0.0509. The van der Waals surface area contributed by atoms with Gasteiger partial charge in [-0.1, -0.05) is 18.2 Å². The number of azo groups is 1. The number of benzene rings is 2. The van der Waals surface area contributed by atoms with Crippen LogP contribution in [0.25, 0.3) is 0 Å². The van der Waals surface area contributed by atoms with Gasteiger partial charge in [0.15, 0.2) is 0 Å². The molecule has 3 rings (SSSR count).